The molecule has 0 saturated heterocycles. The molecule has 0 aliphatic heterocycles. The van der Waals surface area contributed by atoms with E-state index < -0.39 is 0 Å². The van der Waals surface area contributed by atoms with Crippen LogP contribution < -0.4 is 0 Å². The van der Waals surface area contributed by atoms with E-state index in [2.05, 4.69) is 48.2 Å². The fourth-order valence-corrected chi connectivity index (χ4v) is 2.54. The second kappa shape index (κ2) is 6.04. The van der Waals surface area contributed by atoms with E-state index in [0.717, 1.165) is 22.3 Å². The van der Waals surface area contributed by atoms with Crippen LogP contribution in [0.1, 0.15) is 11.1 Å². The lowest BCUT2D eigenvalue weighted by molar-refractivity contribution is 1.54. The Balaban J connectivity index is 2.05. The van der Waals surface area contributed by atoms with Gasteiger partial charge in [0.2, 0.25) is 0 Å². The molecular weight excluding hydrogens is 264 g/mol. The first-order chi connectivity index (χ1) is 10.8. The summed E-state index contributed by atoms with van der Waals surface area (Å²) in [4.78, 5) is 0. The predicted octanol–water partition coefficient (Wildman–Crippen LogP) is 4.98. The summed E-state index contributed by atoms with van der Waals surface area (Å²) in [6.07, 6.45) is 11.2. The van der Waals surface area contributed by atoms with Gasteiger partial charge in [0.05, 0.1) is 0 Å². The van der Waals surface area contributed by atoms with E-state index in [0.29, 0.717) is 0 Å². The van der Waals surface area contributed by atoms with Gasteiger partial charge in [0.15, 0.2) is 0 Å². The number of hydrogen-bond donors (Lipinski definition) is 0. The molecule has 0 N–H and O–H groups in total. The van der Waals surface area contributed by atoms with Crippen molar-refractivity contribution in [3.05, 3.63) is 83.9 Å². The average Bonchev–Trinajstić information content (AvgIpc) is 2.62. The van der Waals surface area contributed by atoms with E-state index >= 15 is 0 Å². The molecule has 0 unspecified atom stereocenters. The Morgan fingerprint density at radius 1 is 0.545 bits per heavy atom. The van der Waals surface area contributed by atoms with Crippen molar-refractivity contribution in [1.82, 2.24) is 0 Å². The molecule has 3 aromatic rings. The minimum atomic E-state index is 0.757. The lowest BCUT2D eigenvalue weighted by Crippen LogP contribution is -1.89. The Bertz CT molecular complexity index is 870. The highest BCUT2D eigenvalue weighted by molar-refractivity contribution is 5.76. The van der Waals surface area contributed by atoms with Gasteiger partial charge in [0.1, 0.15) is 0 Å². The smallest absolute Gasteiger partial charge is 0.0477 e. The lowest BCUT2D eigenvalue weighted by atomic mass is 9.94. The molecule has 102 valence electrons. The second-order valence-electron chi connectivity index (χ2n) is 4.96. The minimum absolute atomic E-state index is 0.757. The Morgan fingerprint density at radius 2 is 1.18 bits per heavy atom. The fraction of sp³-hybridized carbons (Fsp3) is 0. The Hall–Kier alpha value is -3.22. The molecular formula is C22H14. The molecule has 0 aliphatic carbocycles. The molecule has 0 nitrogen and oxygen atoms in total. The molecule has 0 heterocycles. The van der Waals surface area contributed by atoms with Gasteiger partial charge >= 0.3 is 0 Å². The zero-order valence-electron chi connectivity index (χ0n) is 12.1. The Labute approximate surface area is 131 Å². The maximum Gasteiger partial charge on any atom is 0.0477 e. The summed E-state index contributed by atoms with van der Waals surface area (Å²) in [5.41, 5.74) is 5.98. The van der Waals surface area contributed by atoms with Crippen molar-refractivity contribution in [2.75, 3.05) is 0 Å². The molecule has 0 atom stereocenters. The van der Waals surface area contributed by atoms with Gasteiger partial charge in [-0.3, -0.25) is 0 Å². The van der Waals surface area contributed by atoms with Crippen LogP contribution >= 0.6 is 0 Å². The SMILES string of the molecule is C#Cc1cccc(-c2ccc(-c3ccccc3)cc2)c1C#C. The van der Waals surface area contributed by atoms with Crippen LogP contribution in [0.2, 0.25) is 0 Å². The van der Waals surface area contributed by atoms with Gasteiger partial charge in [-0.15, -0.1) is 12.8 Å². The highest BCUT2D eigenvalue weighted by Gasteiger charge is 2.07. The van der Waals surface area contributed by atoms with Crippen molar-refractivity contribution in [1.29, 1.82) is 0 Å². The maximum absolute atomic E-state index is 5.64. The molecule has 3 rings (SSSR count). The Kier molecular flexibility index (Phi) is 3.78. The Morgan fingerprint density at radius 3 is 1.82 bits per heavy atom. The van der Waals surface area contributed by atoms with Gasteiger partial charge in [-0.2, -0.15) is 0 Å². The summed E-state index contributed by atoms with van der Waals surface area (Å²) in [6.45, 7) is 0. The van der Waals surface area contributed by atoms with Gasteiger partial charge < -0.3 is 0 Å². The quantitative estimate of drug-likeness (QED) is 0.580. The van der Waals surface area contributed by atoms with E-state index in [1.807, 2.05) is 36.4 Å². The third-order valence-corrected chi connectivity index (χ3v) is 3.67. The third kappa shape index (κ3) is 2.51. The first kappa shape index (κ1) is 13.7. The first-order valence-electron chi connectivity index (χ1n) is 7.05. The van der Waals surface area contributed by atoms with E-state index in [1.165, 1.54) is 11.1 Å². The largest absolute Gasteiger partial charge is 0.115 e. The number of terminal acetylenes is 2. The van der Waals surface area contributed by atoms with Crippen LogP contribution in [0.4, 0.5) is 0 Å². The van der Waals surface area contributed by atoms with Crippen LogP contribution in [0.15, 0.2) is 72.8 Å². The highest BCUT2D eigenvalue weighted by atomic mass is 14.1. The van der Waals surface area contributed by atoms with Crippen LogP contribution in [-0.2, 0) is 0 Å². The number of rotatable bonds is 2. The molecule has 0 heteroatoms. The molecule has 3 aromatic carbocycles. The topological polar surface area (TPSA) is 0 Å². The number of benzene rings is 3. The average molecular weight is 278 g/mol. The van der Waals surface area contributed by atoms with Crippen molar-refractivity contribution in [3.8, 4) is 46.9 Å². The summed E-state index contributed by atoms with van der Waals surface area (Å²) in [7, 11) is 0. The van der Waals surface area contributed by atoms with Gasteiger partial charge in [0, 0.05) is 11.1 Å². The van der Waals surface area contributed by atoms with Gasteiger partial charge in [-0.05, 0) is 28.3 Å². The summed E-state index contributed by atoms with van der Waals surface area (Å²) < 4.78 is 0. The van der Waals surface area contributed by atoms with Crippen LogP contribution in [-0.4, -0.2) is 0 Å². The summed E-state index contributed by atoms with van der Waals surface area (Å²) in [6, 6.07) is 24.5. The highest BCUT2D eigenvalue weighted by Crippen LogP contribution is 2.28. The first-order valence-corrected chi connectivity index (χ1v) is 7.05. The maximum atomic E-state index is 5.64. The van der Waals surface area contributed by atoms with E-state index in [9.17, 15) is 0 Å². The van der Waals surface area contributed by atoms with Gasteiger partial charge in [0.25, 0.3) is 0 Å². The van der Waals surface area contributed by atoms with Crippen molar-refractivity contribution in [2.45, 2.75) is 0 Å². The van der Waals surface area contributed by atoms with Crippen molar-refractivity contribution in [2.24, 2.45) is 0 Å². The molecule has 0 aromatic heterocycles. The standard InChI is InChI=1S/C22H14/c1-3-17-11-8-12-22(21(17)4-2)20-15-13-19(14-16-20)18-9-6-5-7-10-18/h1-2,5-16H. The zero-order chi connectivity index (χ0) is 15.4. The molecule has 0 spiro atoms. The molecule has 0 fully saturated rings. The van der Waals surface area contributed by atoms with E-state index in [4.69, 9.17) is 12.8 Å². The second-order valence-corrected chi connectivity index (χ2v) is 4.96. The van der Waals surface area contributed by atoms with Crippen LogP contribution in [0.5, 0.6) is 0 Å². The predicted molar refractivity (Wildman–Crippen MR) is 93.2 cm³/mol. The summed E-state index contributed by atoms with van der Waals surface area (Å²) >= 11 is 0. The molecule has 0 saturated carbocycles. The third-order valence-electron chi connectivity index (χ3n) is 3.67. The van der Waals surface area contributed by atoms with Crippen LogP contribution in [0, 0.1) is 24.7 Å². The summed E-state index contributed by atoms with van der Waals surface area (Å²) in [5.74, 6) is 5.37. The van der Waals surface area contributed by atoms with Crippen molar-refractivity contribution >= 4 is 0 Å². The molecule has 22 heavy (non-hydrogen) atoms. The molecule has 0 aliphatic rings. The minimum Gasteiger partial charge on any atom is -0.115 e. The van der Waals surface area contributed by atoms with Crippen molar-refractivity contribution in [3.63, 3.8) is 0 Å². The summed E-state index contributed by atoms with van der Waals surface area (Å²) in [5, 5.41) is 0. The van der Waals surface area contributed by atoms with Crippen LogP contribution in [0.25, 0.3) is 22.3 Å². The molecule has 0 radical (unpaired) electrons. The monoisotopic (exact) mass is 278 g/mol. The fourth-order valence-electron chi connectivity index (χ4n) is 2.54. The van der Waals surface area contributed by atoms with E-state index in [-0.39, 0.29) is 0 Å². The van der Waals surface area contributed by atoms with Crippen molar-refractivity contribution < 1.29 is 0 Å². The number of hydrogen-bond acceptors (Lipinski definition) is 0. The zero-order valence-corrected chi connectivity index (χ0v) is 12.1. The normalized spacial score (nSPS) is 9.73. The molecule has 0 bridgehead atoms. The van der Waals surface area contributed by atoms with Gasteiger partial charge in [-0.25, -0.2) is 0 Å². The van der Waals surface area contributed by atoms with Gasteiger partial charge in [-0.1, -0.05) is 78.6 Å². The molecule has 0 amide bonds. The van der Waals surface area contributed by atoms with Crippen LogP contribution in [0.3, 0.4) is 0 Å². The lowest BCUT2D eigenvalue weighted by Gasteiger charge is -2.08. The van der Waals surface area contributed by atoms with E-state index in [1.54, 1.807) is 0 Å².